The predicted octanol–water partition coefficient (Wildman–Crippen LogP) is 3.83. The van der Waals surface area contributed by atoms with E-state index in [9.17, 15) is 13.2 Å². The molecule has 0 aliphatic heterocycles. The summed E-state index contributed by atoms with van der Waals surface area (Å²) in [6.07, 6.45) is 0. The number of aromatic amines is 1. The maximum absolute atomic E-state index is 12.5. The Morgan fingerprint density at radius 3 is 2.16 bits per heavy atom. The van der Waals surface area contributed by atoms with Gasteiger partial charge in [-0.3, -0.25) is 14.6 Å². The molecule has 0 aliphatic carbocycles. The Kier molecular flexibility index (Phi) is 5.50. The van der Waals surface area contributed by atoms with Gasteiger partial charge in [-0.15, -0.1) is 0 Å². The van der Waals surface area contributed by atoms with Crippen LogP contribution in [0, 0.1) is 6.92 Å². The number of para-hydroxylation sites is 1. The van der Waals surface area contributed by atoms with Crippen LogP contribution >= 0.6 is 0 Å². The molecule has 8 nitrogen and oxygen atoms in total. The van der Waals surface area contributed by atoms with Crippen LogP contribution in [0.5, 0.6) is 0 Å². The number of amides is 1. The molecule has 1 aromatic heterocycles. The van der Waals surface area contributed by atoms with Gasteiger partial charge in [-0.25, -0.2) is 13.4 Å². The van der Waals surface area contributed by atoms with Crippen molar-refractivity contribution in [2.75, 3.05) is 10.0 Å². The van der Waals surface area contributed by atoms with Gasteiger partial charge in [-0.2, -0.15) is 5.10 Å². The van der Waals surface area contributed by atoms with Crippen molar-refractivity contribution in [1.29, 1.82) is 0 Å². The minimum Gasteiger partial charge on any atom is -0.322 e. The lowest BCUT2D eigenvalue weighted by molar-refractivity contribution is 0.102. The third kappa shape index (κ3) is 4.78. The number of carbonyl (C=O) groups excluding carboxylic acids is 1. The molecule has 9 heteroatoms. The number of rotatable bonds is 6. The van der Waals surface area contributed by atoms with E-state index in [4.69, 9.17) is 0 Å². The molecular formula is C22H19N5O3S. The molecule has 3 aromatic carbocycles. The molecule has 4 aromatic rings. The molecule has 4 rings (SSSR count). The SMILES string of the molecule is Cc1nc(-c2ccc(NC(=O)c3ccc(S(=O)(=O)Nc4ccccc4)cc3)cc2)n[nH]1. The van der Waals surface area contributed by atoms with Crippen molar-refractivity contribution in [2.24, 2.45) is 0 Å². The molecule has 3 N–H and O–H groups in total. The second kappa shape index (κ2) is 8.41. The van der Waals surface area contributed by atoms with Gasteiger partial charge in [0, 0.05) is 22.5 Å². The molecule has 0 atom stereocenters. The average molecular weight is 433 g/mol. The molecule has 0 bridgehead atoms. The van der Waals surface area contributed by atoms with E-state index in [0.29, 0.717) is 22.8 Å². The summed E-state index contributed by atoms with van der Waals surface area (Å²) in [5.74, 6) is 0.953. The summed E-state index contributed by atoms with van der Waals surface area (Å²) in [4.78, 5) is 16.9. The Morgan fingerprint density at radius 2 is 1.55 bits per heavy atom. The van der Waals surface area contributed by atoms with E-state index in [1.165, 1.54) is 24.3 Å². The van der Waals surface area contributed by atoms with Gasteiger partial charge in [0.15, 0.2) is 5.82 Å². The van der Waals surface area contributed by atoms with Crippen LogP contribution in [0.3, 0.4) is 0 Å². The Labute approximate surface area is 179 Å². The van der Waals surface area contributed by atoms with Gasteiger partial charge in [0.2, 0.25) is 0 Å². The minimum absolute atomic E-state index is 0.0686. The molecule has 0 aliphatic rings. The molecule has 156 valence electrons. The van der Waals surface area contributed by atoms with Crippen molar-refractivity contribution >= 4 is 27.3 Å². The standard InChI is InChI=1S/C22H19N5O3S/c1-15-23-21(26-25-15)16-7-11-18(12-8-16)24-22(28)17-9-13-20(14-10-17)31(29,30)27-19-5-3-2-4-6-19/h2-14,27H,1H3,(H,24,28)(H,23,25,26). The highest BCUT2D eigenvalue weighted by atomic mass is 32.2. The first-order chi connectivity index (χ1) is 14.9. The first-order valence-corrected chi connectivity index (χ1v) is 10.9. The second-order valence-electron chi connectivity index (χ2n) is 6.77. The van der Waals surface area contributed by atoms with E-state index < -0.39 is 10.0 Å². The van der Waals surface area contributed by atoms with Gasteiger partial charge in [0.1, 0.15) is 5.82 Å². The van der Waals surface area contributed by atoms with Gasteiger partial charge in [-0.1, -0.05) is 18.2 Å². The van der Waals surface area contributed by atoms with Crippen LogP contribution in [0.2, 0.25) is 0 Å². The number of aryl methyl sites for hydroxylation is 1. The van der Waals surface area contributed by atoms with Crippen molar-refractivity contribution in [3.8, 4) is 11.4 Å². The van der Waals surface area contributed by atoms with Crippen LogP contribution in [-0.4, -0.2) is 29.5 Å². The molecule has 0 unspecified atom stereocenters. The zero-order valence-corrected chi connectivity index (χ0v) is 17.3. The normalized spacial score (nSPS) is 11.1. The molecule has 1 heterocycles. The number of nitrogens with one attached hydrogen (secondary N) is 3. The molecule has 1 amide bonds. The molecule has 0 radical (unpaired) electrons. The van der Waals surface area contributed by atoms with E-state index in [0.717, 1.165) is 11.4 Å². The highest BCUT2D eigenvalue weighted by molar-refractivity contribution is 7.92. The van der Waals surface area contributed by atoms with Gasteiger partial charge in [0.25, 0.3) is 15.9 Å². The Balaban J connectivity index is 1.43. The highest BCUT2D eigenvalue weighted by Gasteiger charge is 2.15. The van der Waals surface area contributed by atoms with Gasteiger partial charge in [-0.05, 0) is 67.6 Å². The number of carbonyl (C=O) groups is 1. The fourth-order valence-electron chi connectivity index (χ4n) is 2.88. The van der Waals surface area contributed by atoms with Crippen LogP contribution < -0.4 is 10.0 Å². The number of H-pyrrole nitrogens is 1. The summed E-state index contributed by atoms with van der Waals surface area (Å²) in [7, 11) is -3.74. The lowest BCUT2D eigenvalue weighted by Crippen LogP contribution is -2.14. The lowest BCUT2D eigenvalue weighted by Gasteiger charge is -2.09. The fraction of sp³-hybridized carbons (Fsp3) is 0.0455. The third-order valence-corrected chi connectivity index (χ3v) is 5.85. The van der Waals surface area contributed by atoms with Crippen LogP contribution in [0.4, 0.5) is 11.4 Å². The molecular weight excluding hydrogens is 414 g/mol. The molecule has 0 fully saturated rings. The summed E-state index contributed by atoms with van der Waals surface area (Å²) >= 11 is 0. The summed E-state index contributed by atoms with van der Waals surface area (Å²) in [6, 6.07) is 21.5. The fourth-order valence-corrected chi connectivity index (χ4v) is 3.94. The quantitative estimate of drug-likeness (QED) is 0.427. The van der Waals surface area contributed by atoms with Crippen molar-refractivity contribution in [1.82, 2.24) is 15.2 Å². The summed E-state index contributed by atoms with van der Waals surface area (Å²) < 4.78 is 27.5. The summed E-state index contributed by atoms with van der Waals surface area (Å²) in [5.41, 5.74) is 2.23. The number of aromatic nitrogens is 3. The topological polar surface area (TPSA) is 117 Å². The largest absolute Gasteiger partial charge is 0.322 e. The maximum Gasteiger partial charge on any atom is 0.261 e. The van der Waals surface area contributed by atoms with Gasteiger partial charge in [0.05, 0.1) is 4.90 Å². The Hall–Kier alpha value is -3.98. The van der Waals surface area contributed by atoms with E-state index in [-0.39, 0.29) is 10.8 Å². The zero-order chi connectivity index (χ0) is 21.8. The Bertz CT molecular complexity index is 1300. The number of sulfonamides is 1. The van der Waals surface area contributed by atoms with Crippen LogP contribution in [-0.2, 0) is 10.0 Å². The van der Waals surface area contributed by atoms with Crippen molar-refractivity contribution in [2.45, 2.75) is 11.8 Å². The predicted molar refractivity (Wildman–Crippen MR) is 118 cm³/mol. The molecule has 0 saturated heterocycles. The average Bonchev–Trinajstić information content (AvgIpc) is 3.21. The number of nitrogens with zero attached hydrogens (tertiary/aromatic N) is 2. The first-order valence-electron chi connectivity index (χ1n) is 9.39. The van der Waals surface area contributed by atoms with Crippen molar-refractivity contribution in [3.05, 3.63) is 90.3 Å². The first kappa shape index (κ1) is 20.3. The Morgan fingerprint density at radius 1 is 0.871 bits per heavy atom. The lowest BCUT2D eigenvalue weighted by atomic mass is 10.1. The second-order valence-corrected chi connectivity index (χ2v) is 8.45. The van der Waals surface area contributed by atoms with E-state index in [1.807, 2.05) is 19.1 Å². The zero-order valence-electron chi connectivity index (χ0n) is 16.5. The number of anilines is 2. The van der Waals surface area contributed by atoms with Gasteiger partial charge >= 0.3 is 0 Å². The maximum atomic E-state index is 12.5. The minimum atomic E-state index is -3.74. The third-order valence-electron chi connectivity index (χ3n) is 4.45. The molecule has 0 saturated carbocycles. The monoisotopic (exact) mass is 433 g/mol. The summed E-state index contributed by atoms with van der Waals surface area (Å²) in [6.45, 7) is 1.82. The number of benzene rings is 3. The smallest absolute Gasteiger partial charge is 0.261 e. The summed E-state index contributed by atoms with van der Waals surface area (Å²) in [5, 5.41) is 9.67. The number of hydrogen-bond donors (Lipinski definition) is 3. The van der Waals surface area contributed by atoms with Crippen molar-refractivity contribution in [3.63, 3.8) is 0 Å². The molecule has 0 spiro atoms. The van der Waals surface area contributed by atoms with E-state index in [1.54, 1.807) is 42.5 Å². The van der Waals surface area contributed by atoms with E-state index in [2.05, 4.69) is 25.2 Å². The van der Waals surface area contributed by atoms with Crippen LogP contribution in [0.15, 0.2) is 83.8 Å². The highest BCUT2D eigenvalue weighted by Crippen LogP contribution is 2.20. The molecule has 31 heavy (non-hydrogen) atoms. The number of hydrogen-bond acceptors (Lipinski definition) is 5. The van der Waals surface area contributed by atoms with Gasteiger partial charge < -0.3 is 5.32 Å². The van der Waals surface area contributed by atoms with E-state index >= 15 is 0 Å². The van der Waals surface area contributed by atoms with Crippen LogP contribution in [0.25, 0.3) is 11.4 Å². The van der Waals surface area contributed by atoms with Crippen LogP contribution in [0.1, 0.15) is 16.2 Å². The van der Waals surface area contributed by atoms with Crippen molar-refractivity contribution < 1.29 is 13.2 Å².